The zero-order valence-corrected chi connectivity index (χ0v) is 11.3. The molecule has 2 aromatic heterocycles. The Hall–Kier alpha value is -1.73. The van der Waals surface area contributed by atoms with Crippen LogP contribution in [-0.2, 0) is 0 Å². The third-order valence-corrected chi connectivity index (χ3v) is 4.19. The van der Waals surface area contributed by atoms with Gasteiger partial charge in [-0.2, -0.15) is 0 Å². The molecule has 2 heterocycles. The third-order valence-electron chi connectivity index (χ3n) is 2.22. The van der Waals surface area contributed by atoms with E-state index in [0.717, 1.165) is 16.3 Å². The second-order valence-electron chi connectivity index (χ2n) is 3.57. The van der Waals surface area contributed by atoms with Gasteiger partial charge in [0.25, 0.3) is 5.91 Å². The molecule has 0 aliphatic carbocycles. The van der Waals surface area contributed by atoms with Crippen LogP contribution in [0.15, 0.2) is 11.4 Å². The Morgan fingerprint density at radius 1 is 1.33 bits per heavy atom. The van der Waals surface area contributed by atoms with Gasteiger partial charge in [-0.15, -0.1) is 22.7 Å². The van der Waals surface area contributed by atoms with Crippen LogP contribution < -0.4 is 5.32 Å². The number of carbonyl (C=O) groups excluding carboxylic acids is 1. The largest absolute Gasteiger partial charge is 0.477 e. The molecule has 0 spiro atoms. The van der Waals surface area contributed by atoms with E-state index in [4.69, 9.17) is 5.11 Å². The lowest BCUT2D eigenvalue weighted by atomic mass is 10.3. The molecule has 2 rings (SSSR count). The van der Waals surface area contributed by atoms with Crippen molar-refractivity contribution in [2.75, 3.05) is 5.32 Å². The number of aryl methyl sites for hydroxylation is 2. The van der Waals surface area contributed by atoms with E-state index in [1.165, 1.54) is 11.3 Å². The Kier molecular flexibility index (Phi) is 3.44. The average molecular weight is 282 g/mol. The topological polar surface area (TPSA) is 79.3 Å². The van der Waals surface area contributed by atoms with Crippen LogP contribution in [0.1, 0.15) is 30.0 Å². The molecule has 0 aromatic carbocycles. The van der Waals surface area contributed by atoms with Gasteiger partial charge < -0.3 is 10.4 Å². The number of thiophene rings is 1. The summed E-state index contributed by atoms with van der Waals surface area (Å²) in [6, 6.07) is 1.58. The molecule has 2 N–H and O–H groups in total. The molecule has 0 aliphatic heterocycles. The summed E-state index contributed by atoms with van der Waals surface area (Å²) in [5.41, 5.74) is 0.977. The lowest BCUT2D eigenvalue weighted by Crippen LogP contribution is -2.13. The number of rotatable bonds is 3. The lowest BCUT2D eigenvalue weighted by molar-refractivity contribution is 0.0703. The zero-order chi connectivity index (χ0) is 13.3. The van der Waals surface area contributed by atoms with Crippen molar-refractivity contribution in [3.8, 4) is 0 Å². The maximum Gasteiger partial charge on any atom is 0.348 e. The zero-order valence-electron chi connectivity index (χ0n) is 9.68. The Morgan fingerprint density at radius 2 is 2.06 bits per heavy atom. The number of anilines is 1. The minimum absolute atomic E-state index is 0.127. The van der Waals surface area contributed by atoms with Gasteiger partial charge in [-0.3, -0.25) is 4.79 Å². The summed E-state index contributed by atoms with van der Waals surface area (Å²) in [5, 5.41) is 14.0. The second kappa shape index (κ2) is 4.87. The van der Waals surface area contributed by atoms with E-state index in [9.17, 15) is 9.59 Å². The monoisotopic (exact) mass is 282 g/mol. The average Bonchev–Trinajstić information content (AvgIpc) is 2.85. The van der Waals surface area contributed by atoms with Crippen molar-refractivity contribution >= 4 is 40.2 Å². The molecule has 0 bridgehead atoms. The summed E-state index contributed by atoms with van der Waals surface area (Å²) in [6.45, 7) is 3.58. The number of carboxylic acids is 1. The molecule has 18 heavy (non-hydrogen) atoms. The van der Waals surface area contributed by atoms with Gasteiger partial charge in [0.2, 0.25) is 0 Å². The molecular weight excluding hydrogens is 272 g/mol. The smallest absolute Gasteiger partial charge is 0.348 e. The molecule has 1 amide bonds. The first-order chi connectivity index (χ1) is 8.49. The molecule has 2 aromatic rings. The van der Waals surface area contributed by atoms with Crippen LogP contribution >= 0.6 is 22.7 Å². The van der Waals surface area contributed by atoms with Gasteiger partial charge in [-0.05, 0) is 25.3 Å². The molecule has 0 atom stereocenters. The molecule has 5 nitrogen and oxygen atoms in total. The molecular formula is C11H10N2O3S2. The van der Waals surface area contributed by atoms with E-state index >= 15 is 0 Å². The van der Waals surface area contributed by atoms with Crippen LogP contribution in [0.5, 0.6) is 0 Å². The standard InChI is InChI=1S/C11H10N2O3S2/c1-5-8(18-6(2)12-5)10(14)13-7-3-4-17-9(7)11(15)16/h3-4H,1-2H3,(H,13,14)(H,15,16). The maximum atomic E-state index is 12.0. The number of hydrogen-bond acceptors (Lipinski definition) is 5. The van der Waals surface area contributed by atoms with Crippen molar-refractivity contribution in [3.63, 3.8) is 0 Å². The Labute approximate surface area is 111 Å². The number of carboxylic acid groups (broad SMARTS) is 1. The van der Waals surface area contributed by atoms with Crippen molar-refractivity contribution in [1.82, 2.24) is 4.98 Å². The molecule has 7 heteroatoms. The molecule has 0 unspecified atom stereocenters. The number of aromatic carboxylic acids is 1. The van der Waals surface area contributed by atoms with E-state index in [1.54, 1.807) is 18.4 Å². The highest BCUT2D eigenvalue weighted by Crippen LogP contribution is 2.24. The third kappa shape index (κ3) is 2.41. The predicted molar refractivity (Wildman–Crippen MR) is 70.8 cm³/mol. The fourth-order valence-electron chi connectivity index (χ4n) is 1.49. The fraction of sp³-hybridized carbons (Fsp3) is 0.182. The first-order valence-corrected chi connectivity index (χ1v) is 6.75. The van der Waals surface area contributed by atoms with Crippen molar-refractivity contribution < 1.29 is 14.7 Å². The van der Waals surface area contributed by atoms with Crippen molar-refractivity contribution in [2.45, 2.75) is 13.8 Å². The Bertz CT molecular complexity index is 616. The number of aromatic nitrogens is 1. The summed E-state index contributed by atoms with van der Waals surface area (Å²) >= 11 is 2.37. The normalized spacial score (nSPS) is 10.3. The number of nitrogens with one attached hydrogen (secondary N) is 1. The number of nitrogens with zero attached hydrogens (tertiary/aromatic N) is 1. The molecule has 0 saturated carbocycles. The van der Waals surface area contributed by atoms with Crippen LogP contribution in [0, 0.1) is 13.8 Å². The summed E-state index contributed by atoms with van der Waals surface area (Å²) < 4.78 is 0. The minimum atomic E-state index is -1.04. The SMILES string of the molecule is Cc1nc(C)c(C(=O)Nc2ccsc2C(=O)O)s1. The molecule has 0 aliphatic rings. The van der Waals surface area contributed by atoms with Crippen LogP contribution in [0.25, 0.3) is 0 Å². The second-order valence-corrected chi connectivity index (χ2v) is 5.69. The van der Waals surface area contributed by atoms with E-state index in [-0.39, 0.29) is 10.8 Å². The maximum absolute atomic E-state index is 12.0. The summed E-state index contributed by atoms with van der Waals surface area (Å²) in [7, 11) is 0. The first-order valence-electron chi connectivity index (χ1n) is 5.05. The number of thiazole rings is 1. The van der Waals surface area contributed by atoms with E-state index in [1.807, 2.05) is 6.92 Å². The van der Waals surface area contributed by atoms with Crippen molar-refractivity contribution in [2.24, 2.45) is 0 Å². The van der Waals surface area contributed by atoms with Crippen molar-refractivity contribution in [1.29, 1.82) is 0 Å². The van der Waals surface area contributed by atoms with E-state index in [2.05, 4.69) is 10.3 Å². The van der Waals surface area contributed by atoms with E-state index < -0.39 is 5.97 Å². The van der Waals surface area contributed by atoms with Crippen molar-refractivity contribution in [3.05, 3.63) is 31.9 Å². The van der Waals surface area contributed by atoms with Crippen LogP contribution in [0.4, 0.5) is 5.69 Å². The van der Waals surface area contributed by atoms with Gasteiger partial charge in [-0.25, -0.2) is 9.78 Å². The Morgan fingerprint density at radius 3 is 2.61 bits per heavy atom. The first kappa shape index (κ1) is 12.7. The minimum Gasteiger partial charge on any atom is -0.477 e. The highest BCUT2D eigenvalue weighted by atomic mass is 32.1. The quantitative estimate of drug-likeness (QED) is 0.907. The molecule has 0 fully saturated rings. The molecule has 0 saturated heterocycles. The van der Waals surface area contributed by atoms with Gasteiger partial charge in [0, 0.05) is 0 Å². The molecule has 0 radical (unpaired) electrons. The number of amides is 1. The van der Waals surface area contributed by atoms with E-state index in [0.29, 0.717) is 16.3 Å². The van der Waals surface area contributed by atoms with Crippen LogP contribution in [0.3, 0.4) is 0 Å². The Balaban J connectivity index is 2.24. The fourth-order valence-corrected chi connectivity index (χ4v) is 3.00. The highest BCUT2D eigenvalue weighted by molar-refractivity contribution is 7.14. The van der Waals surface area contributed by atoms with Crippen LogP contribution in [0.2, 0.25) is 0 Å². The number of carbonyl (C=O) groups is 2. The summed E-state index contributed by atoms with van der Waals surface area (Å²) in [4.78, 5) is 27.7. The summed E-state index contributed by atoms with van der Waals surface area (Å²) in [6.07, 6.45) is 0. The molecule has 94 valence electrons. The summed E-state index contributed by atoms with van der Waals surface area (Å²) in [5.74, 6) is -1.36. The van der Waals surface area contributed by atoms with Gasteiger partial charge in [0.1, 0.15) is 9.75 Å². The van der Waals surface area contributed by atoms with Gasteiger partial charge in [0.05, 0.1) is 16.4 Å². The predicted octanol–water partition coefficient (Wildman–Crippen LogP) is 2.77. The van der Waals surface area contributed by atoms with Gasteiger partial charge in [-0.1, -0.05) is 0 Å². The van der Waals surface area contributed by atoms with Gasteiger partial charge in [0.15, 0.2) is 0 Å². The highest BCUT2D eigenvalue weighted by Gasteiger charge is 2.18. The van der Waals surface area contributed by atoms with Gasteiger partial charge >= 0.3 is 5.97 Å². The lowest BCUT2D eigenvalue weighted by Gasteiger charge is -2.02. The van der Waals surface area contributed by atoms with Crippen LogP contribution in [-0.4, -0.2) is 22.0 Å². The number of hydrogen-bond donors (Lipinski definition) is 2.